The number of nitrogens with zero attached hydrogens (tertiary/aromatic N) is 2. The number of ether oxygens (including phenoxy) is 2. The van der Waals surface area contributed by atoms with E-state index in [-0.39, 0.29) is 12.7 Å². The van der Waals surface area contributed by atoms with Crippen LogP contribution in [0.3, 0.4) is 0 Å². The van der Waals surface area contributed by atoms with Crippen LogP contribution < -0.4 is 14.4 Å². The van der Waals surface area contributed by atoms with E-state index in [1.807, 2.05) is 42.6 Å². The van der Waals surface area contributed by atoms with E-state index in [9.17, 15) is 4.79 Å². The van der Waals surface area contributed by atoms with Crippen molar-refractivity contribution in [2.75, 3.05) is 11.7 Å². The summed E-state index contributed by atoms with van der Waals surface area (Å²) in [5, 5.41) is 2.55. The third-order valence-electron chi connectivity index (χ3n) is 3.64. The van der Waals surface area contributed by atoms with Crippen molar-refractivity contribution in [3.05, 3.63) is 65.2 Å². The monoisotopic (exact) mass is 338 g/mol. The van der Waals surface area contributed by atoms with Crippen molar-refractivity contribution in [3.8, 4) is 11.5 Å². The van der Waals surface area contributed by atoms with E-state index in [0.29, 0.717) is 22.2 Å². The lowest BCUT2D eigenvalue weighted by atomic mass is 10.1. The SMILES string of the molecule is Cc1csc(N(C(=O)c2cccc3c2OCO3)c2ccccc2)n1. The lowest BCUT2D eigenvalue weighted by Crippen LogP contribution is -2.26. The first-order valence-electron chi connectivity index (χ1n) is 7.44. The Hall–Kier alpha value is -2.86. The van der Waals surface area contributed by atoms with Crippen molar-refractivity contribution in [3.63, 3.8) is 0 Å². The van der Waals surface area contributed by atoms with Gasteiger partial charge in [0.25, 0.3) is 5.91 Å². The number of carbonyl (C=O) groups is 1. The molecule has 0 radical (unpaired) electrons. The van der Waals surface area contributed by atoms with Crippen LogP contribution >= 0.6 is 11.3 Å². The van der Waals surface area contributed by atoms with E-state index in [2.05, 4.69) is 4.98 Å². The Morgan fingerprint density at radius 2 is 1.96 bits per heavy atom. The smallest absolute Gasteiger partial charge is 0.268 e. The molecular formula is C18H14N2O3S. The van der Waals surface area contributed by atoms with Gasteiger partial charge in [0.1, 0.15) is 0 Å². The molecule has 4 rings (SSSR count). The van der Waals surface area contributed by atoms with Gasteiger partial charge in [-0.3, -0.25) is 9.69 Å². The number of hydrogen-bond donors (Lipinski definition) is 0. The van der Waals surface area contributed by atoms with Gasteiger partial charge in [-0.25, -0.2) is 4.98 Å². The normalized spacial score (nSPS) is 12.2. The van der Waals surface area contributed by atoms with Gasteiger partial charge >= 0.3 is 0 Å². The molecule has 1 amide bonds. The number of anilines is 2. The van der Waals surface area contributed by atoms with Gasteiger partial charge < -0.3 is 9.47 Å². The molecule has 0 atom stereocenters. The highest BCUT2D eigenvalue weighted by molar-refractivity contribution is 7.14. The maximum atomic E-state index is 13.3. The zero-order valence-corrected chi connectivity index (χ0v) is 13.7. The Morgan fingerprint density at radius 3 is 2.71 bits per heavy atom. The van der Waals surface area contributed by atoms with Gasteiger partial charge in [0.2, 0.25) is 6.79 Å². The highest BCUT2D eigenvalue weighted by Crippen LogP contribution is 2.38. The average molecular weight is 338 g/mol. The van der Waals surface area contributed by atoms with Crippen molar-refractivity contribution in [2.24, 2.45) is 0 Å². The molecule has 0 N–H and O–H groups in total. The molecule has 0 unspecified atom stereocenters. The van der Waals surface area contributed by atoms with Crippen molar-refractivity contribution in [1.82, 2.24) is 4.98 Å². The molecule has 0 fully saturated rings. The van der Waals surface area contributed by atoms with Crippen molar-refractivity contribution < 1.29 is 14.3 Å². The zero-order valence-electron chi connectivity index (χ0n) is 12.9. The summed E-state index contributed by atoms with van der Waals surface area (Å²) >= 11 is 1.43. The lowest BCUT2D eigenvalue weighted by Gasteiger charge is -2.20. The zero-order chi connectivity index (χ0) is 16.5. The molecule has 2 aromatic carbocycles. The van der Waals surface area contributed by atoms with E-state index in [4.69, 9.17) is 9.47 Å². The number of para-hydroxylation sites is 2. The van der Waals surface area contributed by atoms with Gasteiger partial charge in [-0.05, 0) is 31.2 Å². The maximum absolute atomic E-state index is 13.3. The summed E-state index contributed by atoms with van der Waals surface area (Å²) in [4.78, 5) is 19.4. The molecule has 6 heteroatoms. The van der Waals surface area contributed by atoms with Crippen molar-refractivity contribution in [2.45, 2.75) is 6.92 Å². The first-order chi connectivity index (χ1) is 11.7. The van der Waals surface area contributed by atoms with E-state index < -0.39 is 0 Å². The van der Waals surface area contributed by atoms with Gasteiger partial charge in [0.15, 0.2) is 16.6 Å². The Balaban J connectivity index is 1.82. The molecule has 1 aliphatic rings. The Labute approximate surface area is 143 Å². The summed E-state index contributed by atoms with van der Waals surface area (Å²) < 4.78 is 10.9. The minimum Gasteiger partial charge on any atom is -0.454 e. The number of benzene rings is 2. The topological polar surface area (TPSA) is 51.7 Å². The lowest BCUT2D eigenvalue weighted by molar-refractivity contribution is 0.0994. The molecular weight excluding hydrogens is 324 g/mol. The van der Waals surface area contributed by atoms with Crippen LogP contribution in [0.15, 0.2) is 53.9 Å². The Morgan fingerprint density at radius 1 is 1.12 bits per heavy atom. The number of hydrogen-bond acceptors (Lipinski definition) is 5. The standard InChI is InChI=1S/C18H14N2O3S/c1-12-10-24-18(19-12)20(13-6-3-2-4-7-13)17(21)14-8-5-9-15-16(14)23-11-22-15/h2-10H,11H2,1H3. The van der Waals surface area contributed by atoms with Crippen LogP contribution in [0.5, 0.6) is 11.5 Å². The van der Waals surface area contributed by atoms with E-state index in [0.717, 1.165) is 11.4 Å². The van der Waals surface area contributed by atoms with Gasteiger partial charge in [-0.1, -0.05) is 24.3 Å². The molecule has 1 aromatic heterocycles. The molecule has 120 valence electrons. The molecule has 0 aliphatic carbocycles. The first kappa shape index (κ1) is 14.7. The minimum absolute atomic E-state index is 0.126. The van der Waals surface area contributed by atoms with Crippen LogP contribution in [0.25, 0.3) is 0 Å². The Bertz CT molecular complexity index is 892. The van der Waals surface area contributed by atoms with E-state index >= 15 is 0 Å². The van der Waals surface area contributed by atoms with Gasteiger partial charge in [-0.2, -0.15) is 0 Å². The number of amides is 1. The van der Waals surface area contributed by atoms with E-state index in [1.165, 1.54) is 11.3 Å². The fourth-order valence-electron chi connectivity index (χ4n) is 2.55. The van der Waals surface area contributed by atoms with Crippen LogP contribution in [0, 0.1) is 6.92 Å². The van der Waals surface area contributed by atoms with Crippen LogP contribution in [0.1, 0.15) is 16.1 Å². The highest BCUT2D eigenvalue weighted by atomic mass is 32.1. The predicted molar refractivity (Wildman–Crippen MR) is 92.3 cm³/mol. The van der Waals surface area contributed by atoms with Gasteiger partial charge in [0, 0.05) is 5.38 Å². The second kappa shape index (κ2) is 5.98. The molecule has 1 aliphatic heterocycles. The average Bonchev–Trinajstić information content (AvgIpc) is 3.24. The highest BCUT2D eigenvalue weighted by Gasteiger charge is 2.28. The number of aromatic nitrogens is 1. The number of thiazole rings is 1. The van der Waals surface area contributed by atoms with Crippen LogP contribution in [0.2, 0.25) is 0 Å². The number of carbonyl (C=O) groups excluding carboxylic acids is 1. The van der Waals surface area contributed by atoms with E-state index in [1.54, 1.807) is 23.1 Å². The van der Waals surface area contributed by atoms with Crippen molar-refractivity contribution in [1.29, 1.82) is 0 Å². The molecule has 5 nitrogen and oxygen atoms in total. The van der Waals surface area contributed by atoms with Crippen LogP contribution in [-0.4, -0.2) is 17.7 Å². The Kier molecular flexibility index (Phi) is 3.66. The molecule has 0 saturated carbocycles. The van der Waals surface area contributed by atoms with Gasteiger partial charge in [0.05, 0.1) is 16.9 Å². The number of aryl methyl sites for hydroxylation is 1. The predicted octanol–water partition coefficient (Wildman–Crippen LogP) is 4.16. The van der Waals surface area contributed by atoms with Crippen LogP contribution in [-0.2, 0) is 0 Å². The van der Waals surface area contributed by atoms with Crippen LogP contribution in [0.4, 0.5) is 10.8 Å². The third-order valence-corrected chi connectivity index (χ3v) is 4.59. The summed E-state index contributed by atoms with van der Waals surface area (Å²) in [6.45, 7) is 2.03. The van der Waals surface area contributed by atoms with Crippen molar-refractivity contribution >= 4 is 28.1 Å². The summed E-state index contributed by atoms with van der Waals surface area (Å²) in [6.07, 6.45) is 0. The number of rotatable bonds is 3. The van der Waals surface area contributed by atoms with Gasteiger partial charge in [-0.15, -0.1) is 11.3 Å². The molecule has 2 heterocycles. The fourth-order valence-corrected chi connectivity index (χ4v) is 3.37. The largest absolute Gasteiger partial charge is 0.454 e. The second-order valence-corrected chi connectivity index (χ2v) is 6.12. The summed E-state index contributed by atoms with van der Waals surface area (Å²) in [7, 11) is 0. The molecule has 0 spiro atoms. The molecule has 3 aromatic rings. The summed E-state index contributed by atoms with van der Waals surface area (Å²) in [6, 6.07) is 14.8. The molecule has 24 heavy (non-hydrogen) atoms. The maximum Gasteiger partial charge on any atom is 0.268 e. The molecule has 0 saturated heterocycles. The fraction of sp³-hybridized carbons (Fsp3) is 0.111. The third kappa shape index (κ3) is 2.51. The summed E-state index contributed by atoms with van der Waals surface area (Å²) in [5.74, 6) is 0.874. The minimum atomic E-state index is -0.196. The molecule has 0 bridgehead atoms. The second-order valence-electron chi connectivity index (χ2n) is 5.29. The number of fused-ring (bicyclic) bond motifs is 1. The quantitative estimate of drug-likeness (QED) is 0.719. The first-order valence-corrected chi connectivity index (χ1v) is 8.32. The summed E-state index contributed by atoms with van der Waals surface area (Å²) in [5.41, 5.74) is 2.09.